The molecule has 2 rings (SSSR count). The Morgan fingerprint density at radius 3 is 2.00 bits per heavy atom. The van der Waals surface area contributed by atoms with E-state index in [0.29, 0.717) is 12.1 Å². The molecule has 110 valence electrons. The van der Waals surface area contributed by atoms with Crippen LogP contribution < -0.4 is 14.8 Å². The predicted octanol–water partition coefficient (Wildman–Crippen LogP) is 2.90. The fourth-order valence-corrected chi connectivity index (χ4v) is 2.26. The Balaban J connectivity index is 2.50. The molecule has 0 amide bonds. The standard InChI is InChI=1S/C17H19NO3/c1-18-10-15-16(20-2)8-14(9-17(15)21-3)13-6-4-12(11-19)5-7-13/h4-9,11,18H,10H2,1-3H3. The maximum atomic E-state index is 10.7. The van der Waals surface area contributed by atoms with Crippen LogP contribution in [-0.2, 0) is 6.54 Å². The highest BCUT2D eigenvalue weighted by molar-refractivity contribution is 5.77. The molecule has 0 saturated carbocycles. The van der Waals surface area contributed by atoms with Crippen molar-refractivity contribution in [3.05, 3.63) is 47.5 Å². The average molecular weight is 285 g/mol. The molecule has 0 aliphatic heterocycles. The van der Waals surface area contributed by atoms with Gasteiger partial charge in [0.15, 0.2) is 0 Å². The van der Waals surface area contributed by atoms with Crippen LogP contribution in [0.5, 0.6) is 11.5 Å². The van der Waals surface area contributed by atoms with Gasteiger partial charge in [-0.1, -0.05) is 24.3 Å². The normalized spacial score (nSPS) is 10.2. The van der Waals surface area contributed by atoms with Crippen molar-refractivity contribution in [1.82, 2.24) is 5.32 Å². The fourth-order valence-electron chi connectivity index (χ4n) is 2.26. The van der Waals surface area contributed by atoms with E-state index in [2.05, 4.69) is 5.32 Å². The zero-order chi connectivity index (χ0) is 15.2. The van der Waals surface area contributed by atoms with E-state index in [4.69, 9.17) is 9.47 Å². The number of carbonyl (C=O) groups is 1. The molecular formula is C17H19NO3. The summed E-state index contributed by atoms with van der Waals surface area (Å²) in [7, 11) is 5.17. The topological polar surface area (TPSA) is 47.6 Å². The molecule has 2 aromatic rings. The zero-order valence-corrected chi connectivity index (χ0v) is 12.5. The van der Waals surface area contributed by atoms with Gasteiger partial charge in [0, 0.05) is 17.7 Å². The van der Waals surface area contributed by atoms with Crippen LogP contribution in [-0.4, -0.2) is 27.6 Å². The second kappa shape index (κ2) is 6.90. The summed E-state index contributed by atoms with van der Waals surface area (Å²) in [5, 5.41) is 3.11. The highest BCUT2D eigenvalue weighted by atomic mass is 16.5. The number of nitrogens with one attached hydrogen (secondary N) is 1. The Bertz CT molecular complexity index is 595. The molecule has 0 aliphatic rings. The van der Waals surface area contributed by atoms with Crippen LogP contribution >= 0.6 is 0 Å². The molecule has 0 heterocycles. The molecule has 0 fully saturated rings. The minimum Gasteiger partial charge on any atom is -0.496 e. The molecule has 0 atom stereocenters. The smallest absolute Gasteiger partial charge is 0.150 e. The molecule has 0 unspecified atom stereocenters. The van der Waals surface area contributed by atoms with Crippen LogP contribution in [0.4, 0.5) is 0 Å². The SMILES string of the molecule is CNCc1c(OC)cc(-c2ccc(C=O)cc2)cc1OC. The van der Waals surface area contributed by atoms with Gasteiger partial charge in [0.25, 0.3) is 0 Å². The van der Waals surface area contributed by atoms with Gasteiger partial charge in [-0.3, -0.25) is 4.79 Å². The van der Waals surface area contributed by atoms with Gasteiger partial charge in [-0.25, -0.2) is 0 Å². The van der Waals surface area contributed by atoms with E-state index < -0.39 is 0 Å². The van der Waals surface area contributed by atoms with E-state index in [9.17, 15) is 4.79 Å². The minimum atomic E-state index is 0.657. The average Bonchev–Trinajstić information content (AvgIpc) is 2.55. The highest BCUT2D eigenvalue weighted by Crippen LogP contribution is 2.35. The summed E-state index contributed by atoms with van der Waals surface area (Å²) in [4.78, 5) is 10.7. The molecule has 4 heteroatoms. The first-order valence-electron chi connectivity index (χ1n) is 6.68. The molecular weight excluding hydrogens is 266 g/mol. The lowest BCUT2D eigenvalue weighted by Gasteiger charge is -2.15. The van der Waals surface area contributed by atoms with E-state index >= 15 is 0 Å². The lowest BCUT2D eigenvalue weighted by Crippen LogP contribution is -2.08. The van der Waals surface area contributed by atoms with E-state index in [1.54, 1.807) is 26.4 Å². The van der Waals surface area contributed by atoms with Gasteiger partial charge in [0.2, 0.25) is 0 Å². The predicted molar refractivity (Wildman–Crippen MR) is 83.1 cm³/mol. The molecule has 0 saturated heterocycles. The van der Waals surface area contributed by atoms with Gasteiger partial charge in [-0.15, -0.1) is 0 Å². The molecule has 0 radical (unpaired) electrons. The maximum absolute atomic E-state index is 10.7. The Morgan fingerprint density at radius 1 is 1.00 bits per heavy atom. The monoisotopic (exact) mass is 285 g/mol. The first-order valence-corrected chi connectivity index (χ1v) is 6.68. The number of carbonyl (C=O) groups excluding carboxylic acids is 1. The van der Waals surface area contributed by atoms with Crippen molar-refractivity contribution in [1.29, 1.82) is 0 Å². The third-order valence-corrected chi connectivity index (χ3v) is 3.34. The third-order valence-electron chi connectivity index (χ3n) is 3.34. The van der Waals surface area contributed by atoms with Gasteiger partial charge >= 0.3 is 0 Å². The molecule has 2 aromatic carbocycles. The van der Waals surface area contributed by atoms with Gasteiger partial charge in [0.1, 0.15) is 17.8 Å². The van der Waals surface area contributed by atoms with E-state index in [1.165, 1.54) is 0 Å². The van der Waals surface area contributed by atoms with Crippen LogP contribution in [0, 0.1) is 0 Å². The van der Waals surface area contributed by atoms with Crippen LogP contribution in [0.25, 0.3) is 11.1 Å². The number of methoxy groups -OCH3 is 2. The van der Waals surface area contributed by atoms with Gasteiger partial charge in [0.05, 0.1) is 14.2 Å². The number of hydrogen-bond donors (Lipinski definition) is 1. The number of benzene rings is 2. The first-order chi connectivity index (χ1) is 10.2. The molecule has 0 aromatic heterocycles. The van der Waals surface area contributed by atoms with Crippen molar-refractivity contribution in [3.8, 4) is 22.6 Å². The maximum Gasteiger partial charge on any atom is 0.150 e. The largest absolute Gasteiger partial charge is 0.496 e. The van der Waals surface area contributed by atoms with Crippen molar-refractivity contribution >= 4 is 6.29 Å². The van der Waals surface area contributed by atoms with Crippen molar-refractivity contribution < 1.29 is 14.3 Å². The van der Waals surface area contributed by atoms with Crippen LogP contribution in [0.3, 0.4) is 0 Å². The van der Waals surface area contributed by atoms with Crippen LogP contribution in [0.1, 0.15) is 15.9 Å². The molecule has 1 N–H and O–H groups in total. The lowest BCUT2D eigenvalue weighted by molar-refractivity contribution is 0.112. The number of ether oxygens (including phenoxy) is 2. The molecule has 0 bridgehead atoms. The summed E-state index contributed by atoms with van der Waals surface area (Å²) < 4.78 is 10.9. The van der Waals surface area contributed by atoms with Gasteiger partial charge in [-0.2, -0.15) is 0 Å². The van der Waals surface area contributed by atoms with Crippen molar-refractivity contribution in [3.63, 3.8) is 0 Å². The number of rotatable bonds is 6. The first kappa shape index (κ1) is 15.1. The summed E-state index contributed by atoms with van der Waals surface area (Å²) in [5.41, 5.74) is 3.63. The second-order valence-electron chi connectivity index (χ2n) is 4.63. The fraction of sp³-hybridized carbons (Fsp3) is 0.235. The van der Waals surface area contributed by atoms with E-state index in [-0.39, 0.29) is 0 Å². The second-order valence-corrected chi connectivity index (χ2v) is 4.63. The zero-order valence-electron chi connectivity index (χ0n) is 12.5. The summed E-state index contributed by atoms with van der Waals surface area (Å²) >= 11 is 0. The Labute approximate surface area is 124 Å². The minimum absolute atomic E-state index is 0.657. The van der Waals surface area contributed by atoms with Crippen molar-refractivity contribution in [2.45, 2.75) is 6.54 Å². The lowest BCUT2D eigenvalue weighted by atomic mass is 10.0. The van der Waals surface area contributed by atoms with Gasteiger partial charge < -0.3 is 14.8 Å². The van der Waals surface area contributed by atoms with Crippen LogP contribution in [0.2, 0.25) is 0 Å². The summed E-state index contributed by atoms with van der Waals surface area (Å²) in [5.74, 6) is 1.55. The Kier molecular flexibility index (Phi) is 4.95. The third kappa shape index (κ3) is 3.23. The quantitative estimate of drug-likeness (QED) is 0.829. The highest BCUT2D eigenvalue weighted by Gasteiger charge is 2.12. The summed E-state index contributed by atoms with van der Waals surface area (Å²) in [6, 6.07) is 11.4. The summed E-state index contributed by atoms with van der Waals surface area (Å²) in [6.07, 6.45) is 0.834. The Morgan fingerprint density at radius 2 is 1.57 bits per heavy atom. The molecule has 0 aliphatic carbocycles. The van der Waals surface area contributed by atoms with Crippen molar-refractivity contribution in [2.75, 3.05) is 21.3 Å². The number of aldehydes is 1. The Hall–Kier alpha value is -2.33. The molecule has 21 heavy (non-hydrogen) atoms. The van der Waals surface area contributed by atoms with Gasteiger partial charge in [-0.05, 0) is 30.3 Å². The van der Waals surface area contributed by atoms with E-state index in [1.807, 2.05) is 31.3 Å². The van der Waals surface area contributed by atoms with Crippen LogP contribution in [0.15, 0.2) is 36.4 Å². The van der Waals surface area contributed by atoms with Crippen molar-refractivity contribution in [2.24, 2.45) is 0 Å². The van der Waals surface area contributed by atoms with E-state index in [0.717, 1.165) is 34.5 Å². The molecule has 4 nitrogen and oxygen atoms in total. The number of hydrogen-bond acceptors (Lipinski definition) is 4. The molecule has 0 spiro atoms. The summed E-state index contributed by atoms with van der Waals surface area (Å²) in [6.45, 7) is 0.663.